The summed E-state index contributed by atoms with van der Waals surface area (Å²) in [5.41, 5.74) is 1.95. The fourth-order valence-corrected chi connectivity index (χ4v) is 3.28. The molecule has 0 saturated carbocycles. The Hall–Kier alpha value is -2.94. The summed E-state index contributed by atoms with van der Waals surface area (Å²) in [7, 11) is 0. The third-order valence-electron chi connectivity index (χ3n) is 4.87. The predicted octanol–water partition coefficient (Wildman–Crippen LogP) is 2.76. The Labute approximate surface area is 181 Å². The highest BCUT2D eigenvalue weighted by Crippen LogP contribution is 2.19. The molecule has 2 aromatic carbocycles. The van der Waals surface area contributed by atoms with Crippen molar-refractivity contribution in [3.63, 3.8) is 0 Å². The molecule has 2 aromatic rings. The van der Waals surface area contributed by atoms with E-state index in [1.54, 1.807) is 6.92 Å². The molecule has 0 spiro atoms. The zero-order valence-corrected chi connectivity index (χ0v) is 17.3. The van der Waals surface area contributed by atoms with Crippen LogP contribution in [0, 0.1) is 0 Å². The van der Waals surface area contributed by atoms with Crippen molar-refractivity contribution in [2.75, 3.05) is 13.2 Å². The first kappa shape index (κ1) is 22.7. The van der Waals surface area contributed by atoms with Gasteiger partial charge in [-0.05, 0) is 18.1 Å². The second-order valence-electron chi connectivity index (χ2n) is 7.28. The van der Waals surface area contributed by atoms with E-state index in [0.29, 0.717) is 13.2 Å². The number of amides is 1. The van der Waals surface area contributed by atoms with Crippen molar-refractivity contribution in [2.24, 2.45) is 0 Å². The van der Waals surface area contributed by atoms with Gasteiger partial charge in [0.2, 0.25) is 0 Å². The van der Waals surface area contributed by atoms with Crippen molar-refractivity contribution in [1.82, 2.24) is 5.32 Å². The lowest BCUT2D eigenvalue weighted by molar-refractivity contribution is -0.170. The van der Waals surface area contributed by atoms with Crippen LogP contribution in [0.25, 0.3) is 0 Å². The summed E-state index contributed by atoms with van der Waals surface area (Å²) in [6.07, 6.45) is -3.16. The van der Waals surface area contributed by atoms with E-state index in [9.17, 15) is 9.59 Å². The van der Waals surface area contributed by atoms with Gasteiger partial charge in [0.15, 0.2) is 6.04 Å². The Morgan fingerprint density at radius 2 is 1.58 bits per heavy atom. The van der Waals surface area contributed by atoms with Gasteiger partial charge < -0.3 is 29.4 Å². The average molecular weight is 429 g/mol. The minimum Gasteiger partial charge on any atom is -0.465 e. The van der Waals surface area contributed by atoms with Crippen molar-refractivity contribution < 1.29 is 33.6 Å². The summed E-state index contributed by atoms with van der Waals surface area (Å²) < 4.78 is 23.4. The normalized spacial score (nSPS) is 24.4. The standard InChI is InChI=1S/C23H27NO7/c1-16-21(30-13-18-10-6-3-7-11-18)20(29-12-17-8-4-2-5-9-17)15-28-14-19(22(25)31-16)24-23(26)27/h2-11,16,19-21,24H,12-15H2,1H3,(H,26,27)/t16-,19-,20-,21-/m0/s1. The van der Waals surface area contributed by atoms with E-state index in [0.717, 1.165) is 11.1 Å². The molecular weight excluding hydrogens is 402 g/mol. The number of carbonyl (C=O) groups is 2. The summed E-state index contributed by atoms with van der Waals surface area (Å²) in [6.45, 7) is 2.29. The third-order valence-corrected chi connectivity index (χ3v) is 4.87. The largest absolute Gasteiger partial charge is 0.465 e. The molecule has 3 rings (SSSR count). The van der Waals surface area contributed by atoms with Crippen LogP contribution in [0.1, 0.15) is 18.1 Å². The minimum atomic E-state index is -1.33. The van der Waals surface area contributed by atoms with Gasteiger partial charge in [0.25, 0.3) is 0 Å². The molecule has 2 N–H and O–H groups in total. The topological polar surface area (TPSA) is 103 Å². The van der Waals surface area contributed by atoms with E-state index >= 15 is 0 Å². The van der Waals surface area contributed by atoms with Crippen LogP contribution in [0.3, 0.4) is 0 Å². The molecule has 8 nitrogen and oxygen atoms in total. The van der Waals surface area contributed by atoms with Gasteiger partial charge in [-0.15, -0.1) is 0 Å². The Kier molecular flexibility index (Phi) is 8.40. The maximum atomic E-state index is 12.4. The van der Waals surface area contributed by atoms with Crippen molar-refractivity contribution in [1.29, 1.82) is 0 Å². The molecule has 31 heavy (non-hydrogen) atoms. The maximum absolute atomic E-state index is 12.4. The highest BCUT2D eigenvalue weighted by molar-refractivity contribution is 5.81. The van der Waals surface area contributed by atoms with Gasteiger partial charge in [0.05, 0.1) is 26.4 Å². The fraction of sp³-hybridized carbons (Fsp3) is 0.391. The van der Waals surface area contributed by atoms with Crippen LogP contribution in [0.4, 0.5) is 4.79 Å². The molecule has 0 radical (unpaired) electrons. The summed E-state index contributed by atoms with van der Waals surface area (Å²) in [5, 5.41) is 11.1. The average Bonchev–Trinajstić information content (AvgIpc) is 2.81. The quantitative estimate of drug-likeness (QED) is 0.653. The highest BCUT2D eigenvalue weighted by Gasteiger charge is 2.36. The smallest absolute Gasteiger partial charge is 0.405 e. The molecular formula is C23H27NO7. The van der Waals surface area contributed by atoms with Gasteiger partial charge in [0, 0.05) is 0 Å². The van der Waals surface area contributed by atoms with Gasteiger partial charge in [-0.2, -0.15) is 0 Å². The first-order valence-corrected chi connectivity index (χ1v) is 10.1. The van der Waals surface area contributed by atoms with Crippen LogP contribution < -0.4 is 5.32 Å². The number of hydrogen-bond acceptors (Lipinski definition) is 6. The Morgan fingerprint density at radius 1 is 1.00 bits per heavy atom. The molecule has 0 bridgehead atoms. The van der Waals surface area contributed by atoms with Crippen LogP contribution in [0.15, 0.2) is 60.7 Å². The van der Waals surface area contributed by atoms with E-state index in [2.05, 4.69) is 5.32 Å². The number of ether oxygens (including phenoxy) is 4. The first-order valence-electron chi connectivity index (χ1n) is 10.1. The number of cyclic esters (lactones) is 1. The lowest BCUT2D eigenvalue weighted by Crippen LogP contribution is -2.46. The van der Waals surface area contributed by atoms with Gasteiger partial charge in [-0.25, -0.2) is 9.59 Å². The molecule has 166 valence electrons. The number of esters is 1. The summed E-state index contributed by atoms with van der Waals surface area (Å²) in [5.74, 6) is -0.716. The molecule has 0 aromatic heterocycles. The van der Waals surface area contributed by atoms with Crippen LogP contribution >= 0.6 is 0 Å². The monoisotopic (exact) mass is 429 g/mol. The van der Waals surface area contributed by atoms with E-state index < -0.39 is 36.4 Å². The van der Waals surface area contributed by atoms with Gasteiger partial charge >= 0.3 is 12.1 Å². The van der Waals surface area contributed by atoms with Gasteiger partial charge in [0.1, 0.15) is 18.3 Å². The zero-order valence-electron chi connectivity index (χ0n) is 17.3. The Balaban J connectivity index is 1.75. The number of carboxylic acid groups (broad SMARTS) is 1. The molecule has 1 aliphatic heterocycles. The van der Waals surface area contributed by atoms with Gasteiger partial charge in [-0.3, -0.25) is 0 Å². The molecule has 1 aliphatic rings. The number of nitrogens with one attached hydrogen (secondary N) is 1. The molecule has 0 aliphatic carbocycles. The van der Waals surface area contributed by atoms with Crippen LogP contribution in [-0.4, -0.2) is 54.7 Å². The van der Waals surface area contributed by atoms with Gasteiger partial charge in [-0.1, -0.05) is 60.7 Å². The van der Waals surface area contributed by atoms with Crippen molar-refractivity contribution in [3.8, 4) is 0 Å². The van der Waals surface area contributed by atoms with Crippen LogP contribution in [-0.2, 0) is 37.0 Å². The number of benzene rings is 2. The number of rotatable bonds is 7. The van der Waals surface area contributed by atoms with E-state index in [-0.39, 0.29) is 13.2 Å². The minimum absolute atomic E-state index is 0.116. The van der Waals surface area contributed by atoms with E-state index in [1.807, 2.05) is 60.7 Å². The van der Waals surface area contributed by atoms with Crippen molar-refractivity contribution in [3.05, 3.63) is 71.8 Å². The molecule has 4 atom stereocenters. The summed E-state index contributed by atoms with van der Waals surface area (Å²) >= 11 is 0. The van der Waals surface area contributed by atoms with E-state index in [4.69, 9.17) is 24.1 Å². The molecule has 1 amide bonds. The molecule has 1 saturated heterocycles. The van der Waals surface area contributed by atoms with Crippen LogP contribution in [0.2, 0.25) is 0 Å². The Bertz CT molecular complexity index is 830. The van der Waals surface area contributed by atoms with Crippen molar-refractivity contribution in [2.45, 2.75) is 44.5 Å². The highest BCUT2D eigenvalue weighted by atomic mass is 16.6. The molecule has 8 heteroatoms. The summed E-state index contributed by atoms with van der Waals surface area (Å²) in [6, 6.07) is 18.2. The predicted molar refractivity (Wildman–Crippen MR) is 111 cm³/mol. The second kappa shape index (κ2) is 11.5. The lowest BCUT2D eigenvalue weighted by atomic mass is 10.1. The molecule has 1 heterocycles. The maximum Gasteiger partial charge on any atom is 0.405 e. The SMILES string of the molecule is C[C@@H]1OC(=O)[C@@H](NC(=O)O)COC[C@H](OCc2ccccc2)[C@H]1OCc1ccccc1. The molecule has 1 fully saturated rings. The third kappa shape index (κ3) is 7.06. The van der Waals surface area contributed by atoms with Crippen LogP contribution in [0.5, 0.6) is 0 Å². The second-order valence-corrected chi connectivity index (χ2v) is 7.28. The molecule has 0 unspecified atom stereocenters. The number of carbonyl (C=O) groups excluding carboxylic acids is 1. The Morgan fingerprint density at radius 3 is 2.16 bits per heavy atom. The number of hydrogen-bond donors (Lipinski definition) is 2. The first-order chi connectivity index (χ1) is 15.0. The van der Waals surface area contributed by atoms with E-state index in [1.165, 1.54) is 0 Å². The summed E-state index contributed by atoms with van der Waals surface area (Å²) in [4.78, 5) is 23.4. The van der Waals surface area contributed by atoms with Crippen molar-refractivity contribution >= 4 is 12.1 Å². The zero-order chi connectivity index (χ0) is 22.1. The lowest BCUT2D eigenvalue weighted by Gasteiger charge is -2.30. The fourth-order valence-electron chi connectivity index (χ4n) is 3.28.